The summed E-state index contributed by atoms with van der Waals surface area (Å²) < 4.78 is 4.76. The number of halogens is 1. The van der Waals surface area contributed by atoms with Gasteiger partial charge in [0.25, 0.3) is 5.69 Å². The fraction of sp³-hybridized carbons (Fsp3) is 0.176. The number of nitrogens with zero attached hydrogens (tertiary/aromatic N) is 1. The summed E-state index contributed by atoms with van der Waals surface area (Å²) in [7, 11) is 0. The number of hydrogen-bond acceptors (Lipinski definition) is 6. The van der Waals surface area contributed by atoms with Crippen molar-refractivity contribution in [1.82, 2.24) is 0 Å². The fourth-order valence-corrected chi connectivity index (χ4v) is 2.24. The Hall–Kier alpha value is -2.93. The van der Waals surface area contributed by atoms with E-state index < -0.39 is 10.9 Å². The van der Waals surface area contributed by atoms with Crippen LogP contribution in [0.1, 0.15) is 22.8 Å². The number of nitrogens with one attached hydrogen (secondary N) is 1. The summed E-state index contributed by atoms with van der Waals surface area (Å²) in [6.45, 7) is 1.19. The molecule has 130 valence electrons. The first-order valence-electron chi connectivity index (χ1n) is 7.30. The van der Waals surface area contributed by atoms with E-state index in [-0.39, 0.29) is 35.9 Å². The average Bonchev–Trinajstić information content (AvgIpc) is 2.58. The average molecular weight is 363 g/mol. The summed E-state index contributed by atoms with van der Waals surface area (Å²) in [5.74, 6) is -1.11. The lowest BCUT2D eigenvalue weighted by atomic mass is 10.1. The van der Waals surface area contributed by atoms with Gasteiger partial charge in [0.15, 0.2) is 5.78 Å². The SMILES string of the molecule is CC(=O)COC(=O)c1ccc(NCc2ccccc2Cl)c([N+](=O)[O-])c1. The van der Waals surface area contributed by atoms with E-state index >= 15 is 0 Å². The van der Waals surface area contributed by atoms with Gasteiger partial charge >= 0.3 is 5.97 Å². The van der Waals surface area contributed by atoms with E-state index in [4.69, 9.17) is 16.3 Å². The quantitative estimate of drug-likeness (QED) is 0.459. The third-order valence-electron chi connectivity index (χ3n) is 3.26. The molecule has 1 N–H and O–H groups in total. The molecule has 0 unspecified atom stereocenters. The van der Waals surface area contributed by atoms with Crippen molar-refractivity contribution in [2.75, 3.05) is 11.9 Å². The number of rotatable bonds is 7. The molecule has 7 nitrogen and oxygen atoms in total. The van der Waals surface area contributed by atoms with Gasteiger partial charge in [-0.05, 0) is 30.7 Å². The number of hydrogen-bond donors (Lipinski definition) is 1. The molecule has 8 heteroatoms. The molecule has 2 rings (SSSR count). The zero-order valence-corrected chi connectivity index (χ0v) is 14.1. The molecule has 0 radical (unpaired) electrons. The molecule has 0 spiro atoms. The predicted molar refractivity (Wildman–Crippen MR) is 92.8 cm³/mol. The number of nitro benzene ring substituents is 1. The Morgan fingerprint density at radius 1 is 1.24 bits per heavy atom. The summed E-state index contributed by atoms with van der Waals surface area (Å²) in [5.41, 5.74) is 0.747. The van der Waals surface area contributed by atoms with Crippen molar-refractivity contribution in [3.63, 3.8) is 0 Å². The molecule has 0 atom stereocenters. The molecule has 0 fully saturated rings. The van der Waals surface area contributed by atoms with Crippen molar-refractivity contribution < 1.29 is 19.2 Å². The second kappa shape index (κ2) is 8.25. The van der Waals surface area contributed by atoms with Crippen LogP contribution in [0.4, 0.5) is 11.4 Å². The highest BCUT2D eigenvalue weighted by atomic mass is 35.5. The van der Waals surface area contributed by atoms with Crippen molar-refractivity contribution in [1.29, 1.82) is 0 Å². The Balaban J connectivity index is 2.18. The van der Waals surface area contributed by atoms with Crippen LogP contribution in [0.15, 0.2) is 42.5 Å². The minimum Gasteiger partial charge on any atom is -0.454 e. The molecule has 0 aliphatic heterocycles. The van der Waals surface area contributed by atoms with E-state index in [1.807, 2.05) is 6.07 Å². The maximum Gasteiger partial charge on any atom is 0.338 e. The van der Waals surface area contributed by atoms with Crippen molar-refractivity contribution >= 4 is 34.7 Å². The summed E-state index contributed by atoms with van der Waals surface area (Å²) >= 11 is 6.06. The van der Waals surface area contributed by atoms with Crippen LogP contribution in [0.3, 0.4) is 0 Å². The highest BCUT2D eigenvalue weighted by Crippen LogP contribution is 2.27. The number of carbonyl (C=O) groups excluding carboxylic acids is 2. The van der Waals surface area contributed by atoms with Gasteiger partial charge in [-0.1, -0.05) is 29.8 Å². The molecule has 0 aliphatic rings. The van der Waals surface area contributed by atoms with Crippen molar-refractivity contribution in [2.45, 2.75) is 13.5 Å². The zero-order chi connectivity index (χ0) is 18.4. The largest absolute Gasteiger partial charge is 0.454 e. The maximum absolute atomic E-state index is 11.8. The van der Waals surface area contributed by atoms with Gasteiger partial charge in [-0.25, -0.2) is 4.79 Å². The summed E-state index contributed by atoms with van der Waals surface area (Å²) in [5, 5.41) is 14.8. The summed E-state index contributed by atoms with van der Waals surface area (Å²) in [6, 6.07) is 11.0. The normalized spacial score (nSPS) is 10.2. The van der Waals surface area contributed by atoms with Crippen molar-refractivity contribution in [2.24, 2.45) is 0 Å². The number of ketones is 1. The van der Waals surface area contributed by atoms with Gasteiger partial charge in [0.2, 0.25) is 0 Å². The minimum atomic E-state index is -0.795. The number of anilines is 1. The van der Waals surface area contributed by atoms with E-state index in [0.29, 0.717) is 5.02 Å². The lowest BCUT2D eigenvalue weighted by molar-refractivity contribution is -0.384. The first-order valence-corrected chi connectivity index (χ1v) is 7.68. The molecular weight excluding hydrogens is 348 g/mol. The van der Waals surface area contributed by atoms with Crippen molar-refractivity contribution in [3.05, 3.63) is 68.7 Å². The van der Waals surface area contributed by atoms with Crippen LogP contribution >= 0.6 is 11.6 Å². The van der Waals surface area contributed by atoms with Crippen LogP contribution in [-0.4, -0.2) is 23.3 Å². The highest BCUT2D eigenvalue weighted by molar-refractivity contribution is 6.31. The Kier molecular flexibility index (Phi) is 6.08. The Bertz CT molecular complexity index is 822. The number of nitro groups is 1. The molecule has 0 heterocycles. The number of carbonyl (C=O) groups is 2. The van der Waals surface area contributed by atoms with Gasteiger partial charge in [0.1, 0.15) is 12.3 Å². The summed E-state index contributed by atoms with van der Waals surface area (Å²) in [6.07, 6.45) is 0. The molecule has 2 aromatic rings. The molecule has 0 aromatic heterocycles. The van der Waals surface area contributed by atoms with Gasteiger partial charge in [-0.15, -0.1) is 0 Å². The molecule has 0 saturated heterocycles. The smallest absolute Gasteiger partial charge is 0.338 e. The summed E-state index contributed by atoms with van der Waals surface area (Å²) in [4.78, 5) is 33.3. The van der Waals surface area contributed by atoms with Gasteiger partial charge in [-0.3, -0.25) is 14.9 Å². The second-order valence-electron chi connectivity index (χ2n) is 5.21. The van der Waals surface area contributed by atoms with Crippen LogP contribution in [0, 0.1) is 10.1 Å². The Morgan fingerprint density at radius 2 is 1.96 bits per heavy atom. The standard InChI is InChI=1S/C17H15ClN2O5/c1-11(21)10-25-17(22)12-6-7-15(16(8-12)20(23)24)19-9-13-4-2-3-5-14(13)18/h2-8,19H,9-10H2,1H3. The maximum atomic E-state index is 11.8. The van der Waals surface area contributed by atoms with E-state index in [2.05, 4.69) is 5.32 Å². The van der Waals surface area contributed by atoms with Crippen LogP contribution in [0.2, 0.25) is 5.02 Å². The second-order valence-corrected chi connectivity index (χ2v) is 5.62. The van der Waals surface area contributed by atoms with Gasteiger partial charge in [-0.2, -0.15) is 0 Å². The Labute approximate surface area is 148 Å². The van der Waals surface area contributed by atoms with Crippen molar-refractivity contribution in [3.8, 4) is 0 Å². The molecule has 2 aromatic carbocycles. The van der Waals surface area contributed by atoms with Gasteiger partial charge < -0.3 is 10.1 Å². The molecule has 25 heavy (non-hydrogen) atoms. The number of benzene rings is 2. The molecule has 0 bridgehead atoms. The minimum absolute atomic E-state index is 0.00348. The molecule has 0 aliphatic carbocycles. The van der Waals surface area contributed by atoms with Crippen LogP contribution in [-0.2, 0) is 16.1 Å². The van der Waals surface area contributed by atoms with E-state index in [1.165, 1.54) is 19.1 Å². The number of esters is 1. The Morgan fingerprint density at radius 3 is 2.60 bits per heavy atom. The lowest BCUT2D eigenvalue weighted by Crippen LogP contribution is -2.12. The van der Waals surface area contributed by atoms with E-state index in [1.54, 1.807) is 18.2 Å². The number of ether oxygens (including phenoxy) is 1. The first kappa shape index (κ1) is 18.4. The third-order valence-corrected chi connectivity index (χ3v) is 3.63. The third kappa shape index (κ3) is 5.02. The fourth-order valence-electron chi connectivity index (χ4n) is 2.04. The molecule has 0 amide bonds. The zero-order valence-electron chi connectivity index (χ0n) is 13.3. The predicted octanol–water partition coefficient (Wildman–Crippen LogP) is 3.61. The monoisotopic (exact) mass is 362 g/mol. The van der Waals surface area contributed by atoms with Crippen LogP contribution in [0.5, 0.6) is 0 Å². The van der Waals surface area contributed by atoms with Crippen LogP contribution < -0.4 is 5.32 Å². The molecule has 0 saturated carbocycles. The van der Waals surface area contributed by atoms with Gasteiger partial charge in [0.05, 0.1) is 10.5 Å². The number of Topliss-reactive ketones (excluding diaryl/α,β-unsaturated/α-hetero) is 1. The first-order chi connectivity index (χ1) is 11.9. The lowest BCUT2D eigenvalue weighted by Gasteiger charge is -2.10. The van der Waals surface area contributed by atoms with Gasteiger partial charge in [0, 0.05) is 17.6 Å². The van der Waals surface area contributed by atoms with Crippen LogP contribution in [0.25, 0.3) is 0 Å². The van der Waals surface area contributed by atoms with E-state index in [9.17, 15) is 19.7 Å². The molecular formula is C17H15ClN2O5. The highest BCUT2D eigenvalue weighted by Gasteiger charge is 2.18. The van der Waals surface area contributed by atoms with E-state index in [0.717, 1.165) is 11.6 Å². The topological polar surface area (TPSA) is 98.5 Å².